The molecule has 4 heterocycles. The summed E-state index contributed by atoms with van der Waals surface area (Å²) in [7, 11) is 1.51. The van der Waals surface area contributed by atoms with Crippen LogP contribution in [0.2, 0.25) is 0 Å². The number of nitrogens with zero attached hydrogens (tertiary/aromatic N) is 5. The summed E-state index contributed by atoms with van der Waals surface area (Å²) in [6.45, 7) is 0.575. The molecule has 11 heteroatoms. The minimum Gasteiger partial charge on any atom is -0.479 e. The van der Waals surface area contributed by atoms with Gasteiger partial charge in [-0.05, 0) is 35.9 Å². The van der Waals surface area contributed by atoms with E-state index in [2.05, 4.69) is 25.4 Å². The number of methoxy groups -OCH3 is 1. The number of amides is 1. The lowest BCUT2D eigenvalue weighted by Gasteiger charge is -2.03. The van der Waals surface area contributed by atoms with Gasteiger partial charge in [0.05, 0.1) is 30.1 Å². The molecule has 0 aliphatic heterocycles. The Bertz CT molecular complexity index is 1530. The highest BCUT2D eigenvalue weighted by molar-refractivity contribution is 7.23. The number of carboxylic acid groups (broad SMARTS) is 1. The SMILES string of the molecule is COc1ncc(-c2cnn(Cc3cccnc3)c2)c2sc(NC(=O)c3ccc(C(=O)O)cc3)nc12. The second kappa shape index (κ2) is 9.31. The number of hydrogen-bond acceptors (Lipinski definition) is 8. The Morgan fingerprint density at radius 1 is 1.11 bits per heavy atom. The number of thiazole rings is 1. The van der Waals surface area contributed by atoms with Crippen LogP contribution >= 0.6 is 11.3 Å². The lowest BCUT2D eigenvalue weighted by Crippen LogP contribution is -2.11. The quantitative estimate of drug-likeness (QED) is 0.353. The second-order valence-corrected chi connectivity index (χ2v) is 8.50. The van der Waals surface area contributed by atoms with Crippen molar-refractivity contribution in [1.29, 1.82) is 0 Å². The van der Waals surface area contributed by atoms with Gasteiger partial charge >= 0.3 is 5.97 Å². The van der Waals surface area contributed by atoms with E-state index in [9.17, 15) is 9.59 Å². The van der Waals surface area contributed by atoms with Gasteiger partial charge in [-0.3, -0.25) is 19.8 Å². The highest BCUT2D eigenvalue weighted by Gasteiger charge is 2.18. The Kier molecular flexibility index (Phi) is 5.90. The zero-order valence-electron chi connectivity index (χ0n) is 18.4. The zero-order valence-corrected chi connectivity index (χ0v) is 19.2. The monoisotopic (exact) mass is 486 g/mol. The van der Waals surface area contributed by atoms with Crippen LogP contribution in [-0.2, 0) is 6.54 Å². The summed E-state index contributed by atoms with van der Waals surface area (Å²) in [6, 6.07) is 9.53. The van der Waals surface area contributed by atoms with Crippen molar-refractivity contribution in [3.8, 4) is 17.0 Å². The van der Waals surface area contributed by atoms with Crippen LogP contribution in [0.5, 0.6) is 5.88 Å². The number of ether oxygens (including phenoxy) is 1. The molecule has 0 fully saturated rings. The van der Waals surface area contributed by atoms with Gasteiger partial charge in [-0.1, -0.05) is 17.4 Å². The van der Waals surface area contributed by atoms with E-state index in [1.165, 1.54) is 42.7 Å². The number of hydrogen-bond donors (Lipinski definition) is 2. The summed E-state index contributed by atoms with van der Waals surface area (Å²) in [5.74, 6) is -1.12. The third kappa shape index (κ3) is 4.57. The van der Waals surface area contributed by atoms with Gasteiger partial charge in [0, 0.05) is 41.5 Å². The average Bonchev–Trinajstić information content (AvgIpc) is 3.51. The summed E-state index contributed by atoms with van der Waals surface area (Å²) in [5, 5.41) is 16.6. The molecule has 5 rings (SSSR count). The molecule has 0 radical (unpaired) electrons. The number of carbonyl (C=O) groups excluding carboxylic acids is 1. The smallest absolute Gasteiger partial charge is 0.335 e. The molecule has 0 saturated heterocycles. The molecular formula is C24H18N6O4S. The molecule has 174 valence electrons. The molecule has 1 amide bonds. The van der Waals surface area contributed by atoms with Crippen LogP contribution in [0.25, 0.3) is 21.3 Å². The van der Waals surface area contributed by atoms with Gasteiger partial charge < -0.3 is 9.84 Å². The molecule has 35 heavy (non-hydrogen) atoms. The van der Waals surface area contributed by atoms with Gasteiger partial charge in [0.15, 0.2) is 5.13 Å². The number of carbonyl (C=O) groups is 2. The maximum atomic E-state index is 12.7. The molecule has 0 unspecified atom stereocenters. The number of fused-ring (bicyclic) bond motifs is 1. The average molecular weight is 487 g/mol. The standard InChI is InChI=1S/C24H18N6O4S/c1-34-22-19-20(35-24(28-19)29-21(31)15-4-6-16(7-5-15)23(32)33)18(11-26-22)17-10-27-30(13-17)12-14-3-2-8-25-9-14/h2-11,13H,12H2,1H3,(H,32,33)(H,28,29,31). The highest BCUT2D eigenvalue weighted by atomic mass is 32.1. The number of nitrogens with one attached hydrogen (secondary N) is 1. The van der Waals surface area contributed by atoms with Crippen molar-refractivity contribution in [1.82, 2.24) is 24.7 Å². The summed E-state index contributed by atoms with van der Waals surface area (Å²) in [5.41, 5.74) is 3.62. The maximum Gasteiger partial charge on any atom is 0.335 e. The van der Waals surface area contributed by atoms with Crippen LogP contribution in [0.1, 0.15) is 26.3 Å². The van der Waals surface area contributed by atoms with Crippen molar-refractivity contribution in [3.63, 3.8) is 0 Å². The first-order valence-electron chi connectivity index (χ1n) is 10.4. The second-order valence-electron chi connectivity index (χ2n) is 7.50. The number of aromatic nitrogens is 5. The van der Waals surface area contributed by atoms with Crippen molar-refractivity contribution in [3.05, 3.63) is 84.1 Å². The summed E-state index contributed by atoms with van der Waals surface area (Å²) in [4.78, 5) is 36.8. The number of rotatable bonds is 7. The van der Waals surface area contributed by atoms with Gasteiger partial charge in [0.1, 0.15) is 5.52 Å². The van der Waals surface area contributed by atoms with E-state index < -0.39 is 11.9 Å². The van der Waals surface area contributed by atoms with Crippen molar-refractivity contribution in [2.75, 3.05) is 12.4 Å². The van der Waals surface area contributed by atoms with E-state index in [-0.39, 0.29) is 5.56 Å². The Morgan fingerprint density at radius 2 is 1.91 bits per heavy atom. The highest BCUT2D eigenvalue weighted by Crippen LogP contribution is 2.38. The fourth-order valence-corrected chi connectivity index (χ4v) is 4.48. The third-order valence-corrected chi connectivity index (χ3v) is 6.21. The van der Waals surface area contributed by atoms with Crippen LogP contribution in [0.15, 0.2) is 67.4 Å². The van der Waals surface area contributed by atoms with Crippen LogP contribution in [0.4, 0.5) is 5.13 Å². The van der Waals surface area contributed by atoms with Gasteiger partial charge in [0.2, 0.25) is 5.88 Å². The molecule has 0 bridgehead atoms. The first kappa shape index (κ1) is 22.2. The fourth-order valence-electron chi connectivity index (χ4n) is 3.50. The molecule has 5 aromatic rings. The zero-order chi connectivity index (χ0) is 24.4. The van der Waals surface area contributed by atoms with Crippen molar-refractivity contribution < 1.29 is 19.4 Å². The minimum atomic E-state index is -1.06. The molecule has 0 aliphatic carbocycles. The van der Waals surface area contributed by atoms with Crippen LogP contribution in [-0.4, -0.2) is 48.8 Å². The molecular weight excluding hydrogens is 468 g/mol. The fraction of sp³-hybridized carbons (Fsp3) is 0.0833. The topological polar surface area (TPSA) is 132 Å². The Labute approximate surface area is 202 Å². The molecule has 0 spiro atoms. The van der Waals surface area contributed by atoms with E-state index in [4.69, 9.17) is 9.84 Å². The van der Waals surface area contributed by atoms with E-state index in [0.29, 0.717) is 28.6 Å². The number of carboxylic acids is 1. The summed E-state index contributed by atoms with van der Waals surface area (Å²) in [6.07, 6.45) is 8.88. The lowest BCUT2D eigenvalue weighted by atomic mass is 10.1. The van der Waals surface area contributed by atoms with E-state index in [1.54, 1.807) is 24.8 Å². The molecule has 4 aromatic heterocycles. The lowest BCUT2D eigenvalue weighted by molar-refractivity contribution is 0.0696. The van der Waals surface area contributed by atoms with Gasteiger partial charge in [-0.15, -0.1) is 0 Å². The van der Waals surface area contributed by atoms with Crippen molar-refractivity contribution >= 4 is 38.6 Å². The first-order valence-corrected chi connectivity index (χ1v) is 11.2. The predicted octanol–water partition coefficient (Wildman–Crippen LogP) is 3.96. The number of benzene rings is 1. The molecule has 1 aromatic carbocycles. The Balaban J connectivity index is 1.44. The largest absolute Gasteiger partial charge is 0.479 e. The summed E-state index contributed by atoms with van der Waals surface area (Å²) < 4.78 is 7.98. The van der Waals surface area contributed by atoms with Gasteiger partial charge in [-0.2, -0.15) is 5.10 Å². The maximum absolute atomic E-state index is 12.7. The molecule has 0 aliphatic rings. The third-order valence-electron chi connectivity index (χ3n) is 5.20. The molecule has 0 saturated carbocycles. The van der Waals surface area contributed by atoms with Crippen molar-refractivity contribution in [2.24, 2.45) is 0 Å². The van der Waals surface area contributed by atoms with Crippen LogP contribution in [0, 0.1) is 0 Å². The number of aromatic carboxylic acids is 1. The van der Waals surface area contributed by atoms with Gasteiger partial charge in [-0.25, -0.2) is 14.8 Å². The molecule has 2 N–H and O–H groups in total. The van der Waals surface area contributed by atoms with Crippen LogP contribution in [0.3, 0.4) is 0 Å². The minimum absolute atomic E-state index is 0.103. The summed E-state index contributed by atoms with van der Waals surface area (Å²) >= 11 is 1.29. The van der Waals surface area contributed by atoms with Gasteiger partial charge in [0.25, 0.3) is 5.91 Å². The van der Waals surface area contributed by atoms with E-state index in [1.807, 2.05) is 23.0 Å². The predicted molar refractivity (Wildman–Crippen MR) is 130 cm³/mol. The first-order chi connectivity index (χ1) is 17.0. The Hall–Kier alpha value is -4.64. The molecule has 0 atom stereocenters. The number of pyridine rings is 2. The number of anilines is 1. The van der Waals surface area contributed by atoms with E-state index >= 15 is 0 Å². The van der Waals surface area contributed by atoms with E-state index in [0.717, 1.165) is 21.4 Å². The Morgan fingerprint density at radius 3 is 2.63 bits per heavy atom. The van der Waals surface area contributed by atoms with Crippen molar-refractivity contribution in [2.45, 2.75) is 6.54 Å². The molecule has 10 nitrogen and oxygen atoms in total. The normalized spacial score (nSPS) is 10.9. The van der Waals surface area contributed by atoms with Crippen LogP contribution < -0.4 is 10.1 Å².